The minimum atomic E-state index is -0.153. The van der Waals surface area contributed by atoms with Gasteiger partial charge in [0.05, 0.1) is 5.51 Å². The molecule has 0 unspecified atom stereocenters. The molecule has 0 aliphatic carbocycles. The van der Waals surface area contributed by atoms with Crippen molar-refractivity contribution in [3.8, 4) is 11.4 Å². The minimum Gasteiger partial charge on any atom is -0.298 e. The molecule has 1 amide bonds. The first-order chi connectivity index (χ1) is 9.33. The third-order valence-electron chi connectivity index (χ3n) is 2.46. The first-order valence-electron chi connectivity index (χ1n) is 5.53. The molecule has 0 radical (unpaired) electrons. The van der Waals surface area contributed by atoms with Gasteiger partial charge in [-0.3, -0.25) is 10.1 Å². The summed E-state index contributed by atoms with van der Waals surface area (Å²) in [5.41, 5.74) is 4.00. The number of rotatable bonds is 3. The SMILES string of the molecule is O=C(Nc1nc(-c2cscn2)cs1)c1ccccc1. The van der Waals surface area contributed by atoms with Gasteiger partial charge < -0.3 is 0 Å². The number of nitrogens with zero attached hydrogens (tertiary/aromatic N) is 2. The van der Waals surface area contributed by atoms with Crippen LogP contribution in [0.1, 0.15) is 10.4 Å². The van der Waals surface area contributed by atoms with Crippen LogP contribution in [0.25, 0.3) is 11.4 Å². The molecule has 0 saturated heterocycles. The molecule has 3 aromatic rings. The maximum absolute atomic E-state index is 12.0. The molecular formula is C13H9N3OS2. The van der Waals surface area contributed by atoms with E-state index in [1.807, 2.05) is 29.0 Å². The number of nitrogens with one attached hydrogen (secondary N) is 1. The second-order valence-corrected chi connectivity index (χ2v) is 5.31. The van der Waals surface area contributed by atoms with Crippen molar-refractivity contribution in [2.24, 2.45) is 0 Å². The molecule has 6 heteroatoms. The van der Waals surface area contributed by atoms with E-state index in [1.165, 1.54) is 22.7 Å². The maximum atomic E-state index is 12.0. The summed E-state index contributed by atoms with van der Waals surface area (Å²) in [6.45, 7) is 0. The largest absolute Gasteiger partial charge is 0.298 e. The maximum Gasteiger partial charge on any atom is 0.257 e. The fourth-order valence-corrected chi connectivity index (χ4v) is 2.79. The number of amides is 1. The van der Waals surface area contributed by atoms with Crippen molar-refractivity contribution in [1.29, 1.82) is 0 Å². The van der Waals surface area contributed by atoms with E-state index in [0.29, 0.717) is 10.7 Å². The molecule has 0 saturated carbocycles. The molecule has 1 N–H and O–H groups in total. The predicted molar refractivity (Wildman–Crippen MR) is 77.6 cm³/mol. The van der Waals surface area contributed by atoms with Crippen LogP contribution in [0.4, 0.5) is 5.13 Å². The Bertz CT molecular complexity index is 677. The van der Waals surface area contributed by atoms with E-state index in [-0.39, 0.29) is 5.91 Å². The third kappa shape index (κ3) is 2.69. The number of carbonyl (C=O) groups excluding carboxylic acids is 1. The highest BCUT2D eigenvalue weighted by molar-refractivity contribution is 7.14. The normalized spacial score (nSPS) is 10.3. The fourth-order valence-electron chi connectivity index (χ4n) is 1.55. The second-order valence-electron chi connectivity index (χ2n) is 3.73. The van der Waals surface area contributed by atoms with Crippen LogP contribution in [0.3, 0.4) is 0 Å². The molecule has 0 spiro atoms. The number of anilines is 1. The number of hydrogen-bond donors (Lipinski definition) is 1. The Morgan fingerprint density at radius 2 is 1.95 bits per heavy atom. The number of benzene rings is 1. The molecule has 0 aliphatic heterocycles. The summed E-state index contributed by atoms with van der Waals surface area (Å²) in [6.07, 6.45) is 0. The Morgan fingerprint density at radius 3 is 2.68 bits per heavy atom. The number of aromatic nitrogens is 2. The Hall–Kier alpha value is -2.05. The first-order valence-corrected chi connectivity index (χ1v) is 7.35. The quantitative estimate of drug-likeness (QED) is 0.802. The average molecular weight is 287 g/mol. The molecule has 0 aliphatic rings. The molecule has 2 aromatic heterocycles. The van der Waals surface area contributed by atoms with Gasteiger partial charge in [-0.1, -0.05) is 18.2 Å². The lowest BCUT2D eigenvalue weighted by Gasteiger charge is -2.00. The van der Waals surface area contributed by atoms with E-state index in [0.717, 1.165) is 11.4 Å². The molecule has 3 rings (SSSR count). The topological polar surface area (TPSA) is 54.9 Å². The zero-order valence-corrected chi connectivity index (χ0v) is 11.4. The number of hydrogen-bond acceptors (Lipinski definition) is 5. The third-order valence-corrected chi connectivity index (χ3v) is 3.80. The van der Waals surface area contributed by atoms with Crippen molar-refractivity contribution in [3.63, 3.8) is 0 Å². The molecule has 19 heavy (non-hydrogen) atoms. The zero-order chi connectivity index (χ0) is 13.1. The van der Waals surface area contributed by atoms with Crippen LogP contribution in [-0.4, -0.2) is 15.9 Å². The highest BCUT2D eigenvalue weighted by Gasteiger charge is 2.10. The van der Waals surface area contributed by atoms with E-state index < -0.39 is 0 Å². The highest BCUT2D eigenvalue weighted by atomic mass is 32.1. The summed E-state index contributed by atoms with van der Waals surface area (Å²) in [6, 6.07) is 9.07. The van der Waals surface area contributed by atoms with Crippen molar-refractivity contribution >= 4 is 33.7 Å². The minimum absolute atomic E-state index is 0.153. The van der Waals surface area contributed by atoms with E-state index >= 15 is 0 Å². The van der Waals surface area contributed by atoms with Crippen LogP contribution >= 0.6 is 22.7 Å². The van der Waals surface area contributed by atoms with E-state index in [9.17, 15) is 4.79 Å². The van der Waals surface area contributed by atoms with Crippen LogP contribution in [0.2, 0.25) is 0 Å². The number of thiazole rings is 2. The zero-order valence-electron chi connectivity index (χ0n) is 9.74. The van der Waals surface area contributed by atoms with Gasteiger partial charge in [0.15, 0.2) is 5.13 Å². The summed E-state index contributed by atoms with van der Waals surface area (Å²) >= 11 is 2.91. The van der Waals surface area contributed by atoms with Crippen molar-refractivity contribution in [2.45, 2.75) is 0 Å². The molecule has 1 aromatic carbocycles. The van der Waals surface area contributed by atoms with Gasteiger partial charge in [0, 0.05) is 16.3 Å². The van der Waals surface area contributed by atoms with Gasteiger partial charge >= 0.3 is 0 Å². The predicted octanol–water partition coefficient (Wildman–Crippen LogP) is 3.52. The molecule has 2 heterocycles. The second kappa shape index (κ2) is 5.29. The van der Waals surface area contributed by atoms with Crippen molar-refractivity contribution in [2.75, 3.05) is 5.32 Å². The van der Waals surface area contributed by atoms with E-state index in [4.69, 9.17) is 0 Å². The lowest BCUT2D eigenvalue weighted by molar-refractivity contribution is 0.102. The first kappa shape index (κ1) is 12.0. The standard InChI is InChI=1S/C13H9N3OS2/c17-12(9-4-2-1-3-5-9)16-13-15-11(7-19-13)10-6-18-8-14-10/h1-8H,(H,15,16,17). The van der Waals surface area contributed by atoms with Gasteiger partial charge in [-0.15, -0.1) is 22.7 Å². The monoisotopic (exact) mass is 287 g/mol. The van der Waals surface area contributed by atoms with Crippen molar-refractivity contribution < 1.29 is 4.79 Å². The van der Waals surface area contributed by atoms with E-state index in [2.05, 4.69) is 15.3 Å². The highest BCUT2D eigenvalue weighted by Crippen LogP contribution is 2.24. The molecular weight excluding hydrogens is 278 g/mol. The van der Waals surface area contributed by atoms with Crippen LogP contribution in [0, 0.1) is 0 Å². The Kier molecular flexibility index (Phi) is 3.35. The lowest BCUT2D eigenvalue weighted by atomic mass is 10.2. The van der Waals surface area contributed by atoms with Crippen molar-refractivity contribution in [1.82, 2.24) is 9.97 Å². The van der Waals surface area contributed by atoms with Crippen LogP contribution < -0.4 is 5.32 Å². The Balaban J connectivity index is 1.76. The molecule has 94 valence electrons. The number of carbonyl (C=O) groups is 1. The van der Waals surface area contributed by atoms with Gasteiger partial charge in [0.1, 0.15) is 11.4 Å². The van der Waals surface area contributed by atoms with Gasteiger partial charge in [-0.05, 0) is 12.1 Å². The van der Waals surface area contributed by atoms with Gasteiger partial charge in [0.2, 0.25) is 0 Å². The summed E-state index contributed by atoms with van der Waals surface area (Å²) in [5, 5.41) is 7.18. The summed E-state index contributed by atoms with van der Waals surface area (Å²) < 4.78 is 0. The molecule has 0 atom stereocenters. The van der Waals surface area contributed by atoms with Crippen LogP contribution in [-0.2, 0) is 0 Å². The van der Waals surface area contributed by atoms with Crippen LogP contribution in [0.15, 0.2) is 46.6 Å². The summed E-state index contributed by atoms with van der Waals surface area (Å²) in [7, 11) is 0. The smallest absolute Gasteiger partial charge is 0.257 e. The van der Waals surface area contributed by atoms with E-state index in [1.54, 1.807) is 17.6 Å². The lowest BCUT2D eigenvalue weighted by Crippen LogP contribution is -2.11. The van der Waals surface area contributed by atoms with Crippen LogP contribution in [0.5, 0.6) is 0 Å². The summed E-state index contributed by atoms with van der Waals surface area (Å²) in [4.78, 5) is 20.5. The molecule has 0 bridgehead atoms. The van der Waals surface area contributed by atoms with Gasteiger partial charge in [-0.2, -0.15) is 0 Å². The molecule has 4 nitrogen and oxygen atoms in total. The Morgan fingerprint density at radius 1 is 1.11 bits per heavy atom. The Labute approximate surface area is 117 Å². The van der Waals surface area contributed by atoms with Gasteiger partial charge in [0.25, 0.3) is 5.91 Å². The average Bonchev–Trinajstić information content (AvgIpc) is 3.10. The molecule has 0 fully saturated rings. The summed E-state index contributed by atoms with van der Waals surface area (Å²) in [5.74, 6) is -0.153. The van der Waals surface area contributed by atoms with Gasteiger partial charge in [-0.25, -0.2) is 9.97 Å². The van der Waals surface area contributed by atoms with Crippen molar-refractivity contribution in [3.05, 3.63) is 52.2 Å². The fraction of sp³-hybridized carbons (Fsp3) is 0.